The third-order valence-electron chi connectivity index (χ3n) is 22.5. The Balaban J connectivity index is 0.000000215. The summed E-state index contributed by atoms with van der Waals surface area (Å²) in [4.78, 5) is 39.9. The van der Waals surface area contributed by atoms with Crippen LogP contribution in [0.4, 0.5) is 32.0 Å². The van der Waals surface area contributed by atoms with Gasteiger partial charge in [0.05, 0.1) is 46.9 Å². The van der Waals surface area contributed by atoms with Gasteiger partial charge in [-0.15, -0.1) is 0 Å². The minimum Gasteiger partial charge on any atom is -0.668 e. The summed E-state index contributed by atoms with van der Waals surface area (Å²) in [6.07, 6.45) is 24.5. The zero-order chi connectivity index (χ0) is 69.3. The molecule has 12 rings (SSSR count). The van der Waals surface area contributed by atoms with Gasteiger partial charge in [0.15, 0.2) is 5.69 Å². The number of esters is 1. The number of carbonyl (C=O) groups excluding carboxylic acids is 1. The van der Waals surface area contributed by atoms with E-state index in [2.05, 4.69) is 45.5 Å². The molecule has 533 valence electrons. The van der Waals surface area contributed by atoms with Crippen molar-refractivity contribution in [3.63, 3.8) is 0 Å². The first kappa shape index (κ1) is 75.1. The number of alkyl halides is 6. The van der Waals surface area contributed by atoms with Gasteiger partial charge in [-0.2, -0.15) is 43.0 Å². The van der Waals surface area contributed by atoms with E-state index in [9.17, 15) is 36.4 Å². The molecule has 6 fully saturated rings. The topological polar surface area (TPSA) is 126 Å². The smallest absolute Gasteiger partial charge is 0.668 e. The Hall–Kier alpha value is -6.56. The Kier molecular flexibility index (Phi) is 25.8. The second-order valence-electron chi connectivity index (χ2n) is 29.3. The number of hydrogen-bond donors (Lipinski definition) is 0. The molecule has 17 heteroatoms. The largest absolute Gasteiger partial charge is 2.00 e. The Morgan fingerprint density at radius 1 is 0.576 bits per heavy atom. The number of allylic oxidation sites excluding steroid dienone is 3. The van der Waals surface area contributed by atoms with Crippen LogP contribution in [0.2, 0.25) is 0 Å². The Bertz CT molecular complexity index is 3740. The molecule has 2 aromatic carbocycles. The second kappa shape index (κ2) is 33.9. The van der Waals surface area contributed by atoms with Gasteiger partial charge in [0.25, 0.3) is 0 Å². The number of carbonyl (C=O) groups is 1. The SMILES string of the molecule is CCc1c(C2CCCCC2)[n-]c(/C(Oc2ccc(C(F)(F)F)cc2)=C2\N=C(C3CCCCC3)C(C#N)=C2C(C)CC)c1C(C)C.[C-]#[N+]c1c(C2CCCCC2)[n-]c(/C(Oc2ccc(C(F)(F)F)cc2)=C2\N=C(C3CCCCC3)C(C(=O)OCC)=C2C2CCCCC2)c1C1CCCCC1.[Co+2]. The van der Waals surface area contributed by atoms with Gasteiger partial charge in [-0.1, -0.05) is 178 Å². The fourth-order valence-corrected chi connectivity index (χ4v) is 17.4. The minimum atomic E-state index is -4.49. The Morgan fingerprint density at radius 2 is 0.990 bits per heavy atom. The van der Waals surface area contributed by atoms with Crippen molar-refractivity contribution in [2.75, 3.05) is 6.61 Å². The third kappa shape index (κ3) is 16.8. The van der Waals surface area contributed by atoms with Crippen molar-refractivity contribution < 1.29 is 62.1 Å². The van der Waals surface area contributed by atoms with Crippen LogP contribution in [-0.2, 0) is 45.1 Å². The minimum absolute atomic E-state index is 0. The normalized spacial score (nSPS) is 21.3. The molecule has 1 atom stereocenters. The summed E-state index contributed by atoms with van der Waals surface area (Å²) >= 11 is 0. The Labute approximate surface area is 593 Å². The van der Waals surface area contributed by atoms with Crippen molar-refractivity contribution >= 4 is 34.6 Å². The number of aromatic nitrogens is 2. The molecule has 0 spiro atoms. The fourth-order valence-electron chi connectivity index (χ4n) is 17.4. The molecular weight excluding hydrogens is 1310 g/mol. The summed E-state index contributed by atoms with van der Waals surface area (Å²) < 4.78 is 101. The van der Waals surface area contributed by atoms with Crippen LogP contribution < -0.4 is 19.4 Å². The van der Waals surface area contributed by atoms with Crippen LogP contribution in [0.25, 0.3) is 16.4 Å². The fraction of sp³-hybridized carbons (Fsp3) is 0.598. The van der Waals surface area contributed by atoms with E-state index in [0.29, 0.717) is 57.1 Å². The number of ether oxygens (including phenoxy) is 3. The number of rotatable bonds is 18. The first-order valence-electron chi connectivity index (χ1n) is 37.6. The molecule has 0 bridgehead atoms. The molecule has 2 aliphatic heterocycles. The van der Waals surface area contributed by atoms with Crippen LogP contribution in [0.15, 0.2) is 92.2 Å². The third-order valence-corrected chi connectivity index (χ3v) is 22.5. The molecule has 2 aromatic heterocycles. The maximum absolute atomic E-state index is 14.2. The van der Waals surface area contributed by atoms with Gasteiger partial charge in [0, 0.05) is 23.0 Å². The predicted molar refractivity (Wildman–Crippen MR) is 375 cm³/mol. The van der Waals surface area contributed by atoms with Gasteiger partial charge in [-0.25, -0.2) is 19.6 Å². The van der Waals surface area contributed by atoms with Crippen LogP contribution in [0, 0.1) is 41.6 Å². The molecule has 99 heavy (non-hydrogen) atoms. The van der Waals surface area contributed by atoms with Crippen LogP contribution >= 0.6 is 0 Å². The monoisotopic (exact) mass is 1410 g/mol. The van der Waals surface area contributed by atoms with Crippen LogP contribution in [0.5, 0.6) is 11.5 Å². The number of aliphatic imine (C=N–C) groups is 2. The van der Waals surface area contributed by atoms with Gasteiger partial charge < -0.3 is 24.2 Å². The average molecular weight is 1410 g/mol. The van der Waals surface area contributed by atoms with Crippen LogP contribution in [0.1, 0.15) is 315 Å². The molecule has 1 unspecified atom stereocenters. The van der Waals surface area contributed by atoms with Crippen molar-refractivity contribution in [3.8, 4) is 17.6 Å². The molecule has 4 aromatic rings. The first-order chi connectivity index (χ1) is 47.4. The molecule has 6 saturated carbocycles. The Morgan fingerprint density at radius 3 is 1.41 bits per heavy atom. The summed E-state index contributed by atoms with van der Waals surface area (Å²) in [5.74, 6) is 2.15. The van der Waals surface area contributed by atoms with Gasteiger partial charge >= 0.3 is 35.1 Å². The number of nitriles is 1. The van der Waals surface area contributed by atoms with E-state index < -0.39 is 23.5 Å². The molecule has 8 aliphatic rings. The van der Waals surface area contributed by atoms with Gasteiger partial charge in [0.1, 0.15) is 40.5 Å². The molecule has 6 aliphatic carbocycles. The van der Waals surface area contributed by atoms with Gasteiger partial charge in [-0.05, 0) is 181 Å². The average Bonchev–Trinajstić information content (AvgIpc) is 1.60. The van der Waals surface area contributed by atoms with E-state index in [1.165, 1.54) is 61.9 Å². The maximum atomic E-state index is 14.2. The number of hydrogen-bond acceptors (Lipinski definition) is 7. The van der Waals surface area contributed by atoms with Crippen LogP contribution in [0.3, 0.4) is 0 Å². The summed E-state index contributed by atoms with van der Waals surface area (Å²) in [6, 6.07) is 12.2. The molecular formula is C82H100CoF6N6O4. The van der Waals surface area contributed by atoms with Gasteiger partial charge in [0.2, 0.25) is 0 Å². The van der Waals surface area contributed by atoms with Crippen molar-refractivity contribution in [3.05, 3.63) is 144 Å². The van der Waals surface area contributed by atoms with Gasteiger partial charge in [-0.3, -0.25) is 0 Å². The predicted octanol–water partition coefficient (Wildman–Crippen LogP) is 23.6. The standard InChI is InChI=1S/C44H54F3N3O3.C38H47F3N3O.Co/c1-3-52-43(51)36-34(28-16-8-4-9-17-28)40(49-37(36)30-20-12-6-13-21-30)42(53-33-26-24-32(25-27-33)44(45,46)47)41-35(29-18-10-5-11-19-29)39(48-2)38(50-41)31-22-14-7-15-23-31;1-6-24(5)32-30(22-42)34(26-16-12-9-13-17-26)44-36(32)37(45-28-20-18-27(19-21-28)38(39,40)41)35-31(23(3)4)29(7-2)33(43-35)25-14-10-8-11-15-25;/h24-31H,3-23H2,1H3,(H,49,50,51);18-21,23-26H,6-17H2,1-5H3;/q;-1;+2/p-1/b;37-36+;. The van der Waals surface area contributed by atoms with E-state index in [-0.39, 0.29) is 76.5 Å². The zero-order valence-electron chi connectivity index (χ0n) is 59.0. The van der Waals surface area contributed by atoms with Crippen LogP contribution in [-0.4, -0.2) is 24.0 Å². The van der Waals surface area contributed by atoms with Crippen molar-refractivity contribution in [1.29, 1.82) is 5.26 Å². The molecule has 0 amide bonds. The molecule has 0 saturated heterocycles. The quantitative estimate of drug-likeness (QED) is 0.0420. The van der Waals surface area contributed by atoms with Crippen molar-refractivity contribution in [2.24, 2.45) is 33.7 Å². The maximum Gasteiger partial charge on any atom is 2.00 e. The van der Waals surface area contributed by atoms with Crippen molar-refractivity contribution in [1.82, 2.24) is 9.97 Å². The summed E-state index contributed by atoms with van der Waals surface area (Å²) in [5.41, 5.74) is 11.4. The molecule has 4 heterocycles. The zero-order valence-corrected chi connectivity index (χ0v) is 60.0. The van der Waals surface area contributed by atoms with E-state index in [4.69, 9.17) is 40.7 Å². The van der Waals surface area contributed by atoms with E-state index >= 15 is 0 Å². The number of benzene rings is 2. The number of nitrogens with zero attached hydrogens (tertiary/aromatic N) is 6. The van der Waals surface area contributed by atoms with E-state index in [0.717, 1.165) is 248 Å². The van der Waals surface area contributed by atoms with Crippen molar-refractivity contribution in [2.45, 2.75) is 283 Å². The number of halogens is 6. The molecule has 1 radical (unpaired) electrons. The first-order valence-corrected chi connectivity index (χ1v) is 37.6. The molecule has 0 N–H and O–H groups in total. The van der Waals surface area contributed by atoms with E-state index in [1.807, 2.05) is 6.92 Å². The molecule has 10 nitrogen and oxygen atoms in total. The summed E-state index contributed by atoms with van der Waals surface area (Å²) in [7, 11) is 0. The van der Waals surface area contributed by atoms with E-state index in [1.54, 1.807) is 0 Å². The second-order valence-corrected chi connectivity index (χ2v) is 29.3. The summed E-state index contributed by atoms with van der Waals surface area (Å²) in [6.45, 7) is 21.4. The summed E-state index contributed by atoms with van der Waals surface area (Å²) in [5, 5.41) is 10.6.